The summed E-state index contributed by atoms with van der Waals surface area (Å²) in [5.74, 6) is 3.99. The summed E-state index contributed by atoms with van der Waals surface area (Å²) in [6.07, 6.45) is 24.4. The molecule has 0 aromatic heterocycles. The molecule has 2 aromatic rings. The van der Waals surface area contributed by atoms with E-state index in [4.69, 9.17) is 0 Å². The Balaban J connectivity index is 1.20. The molecule has 0 spiro atoms. The van der Waals surface area contributed by atoms with E-state index in [1.807, 2.05) is 12.1 Å². The van der Waals surface area contributed by atoms with Gasteiger partial charge in [0, 0.05) is 5.39 Å². The maximum Gasteiger partial charge on any atom is 0.134 e. The topological polar surface area (TPSA) is 0 Å². The van der Waals surface area contributed by atoms with Crippen molar-refractivity contribution in [3.8, 4) is 0 Å². The molecule has 2 aromatic carbocycles. The third-order valence-electron chi connectivity index (χ3n) is 9.65. The third kappa shape index (κ3) is 7.56. The summed E-state index contributed by atoms with van der Waals surface area (Å²) in [6.45, 7) is 4.52. The van der Waals surface area contributed by atoms with Crippen LogP contribution in [-0.2, 0) is 12.8 Å². The molecule has 1 heteroatoms. The van der Waals surface area contributed by atoms with Crippen LogP contribution in [0.4, 0.5) is 4.39 Å². The molecule has 0 bridgehead atoms. The van der Waals surface area contributed by atoms with Crippen molar-refractivity contribution in [1.29, 1.82) is 0 Å². The first kappa shape index (κ1) is 26.7. The van der Waals surface area contributed by atoms with Crippen LogP contribution < -0.4 is 0 Å². The fraction of sp³-hybridized carbons (Fsp3) is 0.706. The van der Waals surface area contributed by atoms with E-state index in [0.717, 1.165) is 59.3 Å². The normalized spacial score (nSPS) is 25.2. The van der Waals surface area contributed by atoms with E-state index in [-0.39, 0.29) is 5.82 Å². The number of rotatable bonds is 12. The minimum Gasteiger partial charge on any atom is -0.206 e. The highest BCUT2D eigenvalue weighted by molar-refractivity contribution is 5.84. The Hall–Kier alpha value is -1.37. The highest BCUT2D eigenvalue weighted by atomic mass is 19.1. The van der Waals surface area contributed by atoms with Gasteiger partial charge in [-0.15, -0.1) is 0 Å². The van der Waals surface area contributed by atoms with Gasteiger partial charge in [0.25, 0.3) is 0 Å². The van der Waals surface area contributed by atoms with Crippen molar-refractivity contribution in [2.75, 3.05) is 0 Å². The summed E-state index contributed by atoms with van der Waals surface area (Å²) >= 11 is 0. The third-order valence-corrected chi connectivity index (χ3v) is 9.65. The van der Waals surface area contributed by atoms with E-state index in [1.165, 1.54) is 102 Å². The van der Waals surface area contributed by atoms with E-state index in [2.05, 4.69) is 32.0 Å². The Morgan fingerprint density at radius 1 is 0.657 bits per heavy atom. The van der Waals surface area contributed by atoms with Gasteiger partial charge in [0.15, 0.2) is 0 Å². The molecule has 2 aliphatic carbocycles. The number of benzene rings is 2. The minimum absolute atomic E-state index is 0.0125. The van der Waals surface area contributed by atoms with Gasteiger partial charge in [-0.3, -0.25) is 0 Å². The van der Waals surface area contributed by atoms with Gasteiger partial charge in [-0.1, -0.05) is 108 Å². The molecule has 0 heterocycles. The van der Waals surface area contributed by atoms with Crippen LogP contribution in [-0.4, -0.2) is 0 Å². The maximum atomic E-state index is 15.0. The zero-order valence-electron chi connectivity index (χ0n) is 22.8. The van der Waals surface area contributed by atoms with Crippen LogP contribution in [0.3, 0.4) is 0 Å². The van der Waals surface area contributed by atoms with Gasteiger partial charge in [0.2, 0.25) is 0 Å². The van der Waals surface area contributed by atoms with Gasteiger partial charge in [-0.05, 0) is 91.6 Å². The smallest absolute Gasteiger partial charge is 0.134 e. The van der Waals surface area contributed by atoms with Crippen molar-refractivity contribution in [2.24, 2.45) is 23.7 Å². The highest BCUT2D eigenvalue weighted by Crippen LogP contribution is 2.43. The zero-order valence-corrected chi connectivity index (χ0v) is 22.8. The van der Waals surface area contributed by atoms with Crippen LogP contribution in [0, 0.1) is 29.5 Å². The van der Waals surface area contributed by atoms with Crippen LogP contribution in [0.5, 0.6) is 0 Å². The molecule has 0 radical (unpaired) electrons. The van der Waals surface area contributed by atoms with E-state index < -0.39 is 0 Å². The highest BCUT2D eigenvalue weighted by Gasteiger charge is 2.30. The van der Waals surface area contributed by atoms with Crippen LogP contribution in [0.2, 0.25) is 0 Å². The predicted molar refractivity (Wildman–Crippen MR) is 150 cm³/mol. The summed E-state index contributed by atoms with van der Waals surface area (Å²) < 4.78 is 15.0. The molecule has 0 saturated heterocycles. The quantitative estimate of drug-likeness (QED) is 0.266. The maximum absolute atomic E-state index is 15.0. The second-order valence-corrected chi connectivity index (χ2v) is 12.1. The first-order chi connectivity index (χ1) is 17.2. The second-order valence-electron chi connectivity index (χ2n) is 12.1. The van der Waals surface area contributed by atoms with Crippen LogP contribution >= 0.6 is 0 Å². The Labute approximate surface area is 215 Å². The molecule has 4 rings (SSSR count). The molecule has 2 fully saturated rings. The van der Waals surface area contributed by atoms with Crippen LogP contribution in [0.25, 0.3) is 10.8 Å². The first-order valence-electron chi connectivity index (χ1n) is 15.4. The van der Waals surface area contributed by atoms with Crippen molar-refractivity contribution < 1.29 is 4.39 Å². The standard InChI is InChI=1S/C34H51F/c1-3-5-7-9-26-13-18-29(19-14-26)30-20-15-27(16-21-30)11-12-28-17-24-33-32(25-28)23-22-31(34(33)35)10-8-6-4-2/h17,22-27,29-30H,3-16,18-21H2,1-2H3. The van der Waals surface area contributed by atoms with Gasteiger partial charge in [0.05, 0.1) is 0 Å². The molecule has 35 heavy (non-hydrogen) atoms. The Bertz CT molecular complexity index is 883. The van der Waals surface area contributed by atoms with Gasteiger partial charge in [-0.25, -0.2) is 4.39 Å². The lowest BCUT2D eigenvalue weighted by molar-refractivity contribution is 0.140. The number of hydrogen-bond donors (Lipinski definition) is 0. The second kappa shape index (κ2) is 13.8. The fourth-order valence-corrected chi connectivity index (χ4v) is 7.25. The number of unbranched alkanes of at least 4 members (excludes halogenated alkanes) is 4. The molecule has 2 aliphatic rings. The fourth-order valence-electron chi connectivity index (χ4n) is 7.25. The Morgan fingerprint density at radius 2 is 1.29 bits per heavy atom. The summed E-state index contributed by atoms with van der Waals surface area (Å²) in [7, 11) is 0. The lowest BCUT2D eigenvalue weighted by Gasteiger charge is -2.38. The summed E-state index contributed by atoms with van der Waals surface area (Å²) in [5.41, 5.74) is 2.28. The predicted octanol–water partition coefficient (Wildman–Crippen LogP) is 10.8. The van der Waals surface area contributed by atoms with Gasteiger partial charge < -0.3 is 0 Å². The SMILES string of the molecule is CCCCCc1ccc2cc(CCC3CCC(C4CCC(CCCCC)CC4)CC3)ccc2c1F. The van der Waals surface area contributed by atoms with Crippen molar-refractivity contribution in [1.82, 2.24) is 0 Å². The minimum atomic E-state index is 0.0125. The molecular weight excluding hydrogens is 427 g/mol. The lowest BCUT2D eigenvalue weighted by atomic mass is 9.68. The lowest BCUT2D eigenvalue weighted by Crippen LogP contribution is -2.26. The number of hydrogen-bond acceptors (Lipinski definition) is 0. The first-order valence-corrected chi connectivity index (χ1v) is 15.4. The number of fused-ring (bicyclic) bond motifs is 1. The summed E-state index contributed by atoms with van der Waals surface area (Å²) in [4.78, 5) is 0. The number of halogens is 1. The average Bonchev–Trinajstić information content (AvgIpc) is 2.90. The molecule has 0 atom stereocenters. The largest absolute Gasteiger partial charge is 0.206 e. The average molecular weight is 479 g/mol. The van der Waals surface area contributed by atoms with Gasteiger partial charge >= 0.3 is 0 Å². The van der Waals surface area contributed by atoms with Gasteiger partial charge in [-0.2, -0.15) is 0 Å². The van der Waals surface area contributed by atoms with E-state index in [0.29, 0.717) is 0 Å². The molecular formula is C34H51F. The molecule has 0 amide bonds. The monoisotopic (exact) mass is 478 g/mol. The molecule has 194 valence electrons. The molecule has 0 aliphatic heterocycles. The molecule has 0 N–H and O–H groups in total. The van der Waals surface area contributed by atoms with E-state index in [1.54, 1.807) is 0 Å². The molecule has 0 nitrogen and oxygen atoms in total. The van der Waals surface area contributed by atoms with Crippen molar-refractivity contribution in [2.45, 2.75) is 129 Å². The Morgan fingerprint density at radius 3 is 1.94 bits per heavy atom. The van der Waals surface area contributed by atoms with Crippen LogP contribution in [0.1, 0.15) is 128 Å². The van der Waals surface area contributed by atoms with E-state index >= 15 is 0 Å². The molecule has 2 saturated carbocycles. The molecule has 0 unspecified atom stereocenters. The summed E-state index contributed by atoms with van der Waals surface area (Å²) in [5, 5.41) is 1.89. The Kier molecular flexibility index (Phi) is 10.5. The number of aryl methyl sites for hydroxylation is 2. The van der Waals surface area contributed by atoms with E-state index in [9.17, 15) is 4.39 Å². The van der Waals surface area contributed by atoms with Gasteiger partial charge in [0.1, 0.15) is 5.82 Å². The van der Waals surface area contributed by atoms with Crippen LogP contribution in [0.15, 0.2) is 30.3 Å². The van der Waals surface area contributed by atoms with Crippen molar-refractivity contribution >= 4 is 10.8 Å². The zero-order chi connectivity index (χ0) is 24.5. The summed E-state index contributed by atoms with van der Waals surface area (Å²) in [6, 6.07) is 10.6. The van der Waals surface area contributed by atoms with Crippen molar-refractivity contribution in [3.05, 3.63) is 47.3 Å². The van der Waals surface area contributed by atoms with Crippen molar-refractivity contribution in [3.63, 3.8) is 0 Å².